The molecule has 1 aliphatic rings. The second kappa shape index (κ2) is 8.12. The second-order valence-corrected chi connectivity index (χ2v) is 10.0. The van der Waals surface area contributed by atoms with E-state index in [2.05, 4.69) is 10.2 Å². The minimum atomic E-state index is -2.38. The van der Waals surface area contributed by atoms with Gasteiger partial charge in [0.25, 0.3) is 0 Å². The molecule has 5 rings (SSSR count). The molecular weight excluding hydrogens is 459 g/mol. The van der Waals surface area contributed by atoms with Crippen molar-refractivity contribution in [2.24, 2.45) is 0 Å². The Morgan fingerprint density at radius 2 is 2.03 bits per heavy atom. The monoisotopic (exact) mass is 485 g/mol. The van der Waals surface area contributed by atoms with Crippen molar-refractivity contribution in [3.63, 3.8) is 0 Å². The molecule has 184 valence electrons. The largest absolute Gasteiger partial charge is 0.479 e. The van der Waals surface area contributed by atoms with Crippen LogP contribution in [-0.4, -0.2) is 45.2 Å². The van der Waals surface area contributed by atoms with Gasteiger partial charge >= 0.3 is 5.97 Å². The number of carbonyl (C=O) groups is 1. The molecule has 1 unspecified atom stereocenters. The third-order valence-corrected chi connectivity index (χ3v) is 7.13. The van der Waals surface area contributed by atoms with Crippen molar-refractivity contribution in [1.82, 2.24) is 14.8 Å². The number of halogens is 3. The summed E-state index contributed by atoms with van der Waals surface area (Å²) in [7, 11) is 1.56. The summed E-state index contributed by atoms with van der Waals surface area (Å²) in [5.41, 5.74) is -0.488. The zero-order valence-electron chi connectivity index (χ0n) is 19.7. The summed E-state index contributed by atoms with van der Waals surface area (Å²) in [6, 6.07) is 7.66. The number of H-pyrrole nitrogens is 1. The summed E-state index contributed by atoms with van der Waals surface area (Å²) in [5, 5.41) is 17.0. The van der Waals surface area contributed by atoms with Crippen LogP contribution in [0.4, 0.5) is 13.2 Å². The second-order valence-electron chi connectivity index (χ2n) is 10.0. The number of alkyl halides is 1. The van der Waals surface area contributed by atoms with E-state index in [1.165, 1.54) is 18.3 Å². The van der Waals surface area contributed by atoms with Crippen LogP contribution in [0.25, 0.3) is 27.5 Å². The fourth-order valence-corrected chi connectivity index (χ4v) is 5.62. The van der Waals surface area contributed by atoms with Gasteiger partial charge in [-0.15, -0.1) is 0 Å². The molecule has 9 heteroatoms. The lowest BCUT2D eigenvalue weighted by Gasteiger charge is -2.29. The molecule has 1 aliphatic carbocycles. The number of rotatable bonds is 6. The van der Waals surface area contributed by atoms with Crippen molar-refractivity contribution in [2.45, 2.75) is 50.1 Å². The lowest BCUT2D eigenvalue weighted by Crippen LogP contribution is -2.31. The number of hydrogen-bond donors (Lipinski definition) is 2. The molecule has 2 aromatic heterocycles. The van der Waals surface area contributed by atoms with Gasteiger partial charge in [-0.2, -0.15) is 5.10 Å². The van der Waals surface area contributed by atoms with Crippen LogP contribution in [0, 0.1) is 11.6 Å². The van der Waals surface area contributed by atoms with Crippen molar-refractivity contribution in [3.8, 4) is 5.69 Å². The molecule has 0 bridgehead atoms. The Kier molecular flexibility index (Phi) is 5.43. The van der Waals surface area contributed by atoms with Gasteiger partial charge < -0.3 is 14.4 Å². The molecule has 1 saturated carbocycles. The van der Waals surface area contributed by atoms with Crippen LogP contribution in [0.5, 0.6) is 0 Å². The van der Waals surface area contributed by atoms with Crippen LogP contribution in [0.3, 0.4) is 0 Å². The Morgan fingerprint density at radius 1 is 1.31 bits per heavy atom. The Morgan fingerprint density at radius 3 is 2.66 bits per heavy atom. The molecule has 2 N–H and O–H groups in total. The van der Waals surface area contributed by atoms with Crippen molar-refractivity contribution in [3.05, 3.63) is 59.4 Å². The normalized spacial score (nSPS) is 20.8. The highest BCUT2D eigenvalue weighted by Gasteiger charge is 2.49. The summed E-state index contributed by atoms with van der Waals surface area (Å²) in [4.78, 5) is 11.7. The van der Waals surface area contributed by atoms with E-state index in [0.717, 1.165) is 0 Å². The molecule has 2 atom stereocenters. The Labute approximate surface area is 199 Å². The van der Waals surface area contributed by atoms with E-state index in [1.807, 2.05) is 18.4 Å². The number of nitrogens with one attached hydrogen (secondary N) is 1. The summed E-state index contributed by atoms with van der Waals surface area (Å²) >= 11 is 0. The number of aromatic amines is 1. The van der Waals surface area contributed by atoms with Gasteiger partial charge in [0, 0.05) is 34.7 Å². The van der Waals surface area contributed by atoms with Crippen molar-refractivity contribution < 1.29 is 27.8 Å². The van der Waals surface area contributed by atoms with Crippen LogP contribution >= 0.6 is 0 Å². The maximum atomic E-state index is 16.1. The molecular formula is C26H26F3N3O3. The standard InChI is InChI=1S/C26H26F3N3O3/c1-25(2,13-35-3)23-19(14-8-9-26(29,11-14)24(33)34)20-18(10-15-12-30-31-22(15)21(20)28)32(23)17-6-4-16(27)5-7-17/h4-7,10,12,14H,8-9,11,13H2,1-3H3,(H,30,31)(H,33,34)/t14?,26-/m0/s1. The number of aliphatic carboxylic acids is 1. The van der Waals surface area contributed by atoms with Gasteiger partial charge in [0.15, 0.2) is 5.82 Å². The highest BCUT2D eigenvalue weighted by molar-refractivity contribution is 6.00. The van der Waals surface area contributed by atoms with E-state index in [9.17, 15) is 14.3 Å². The molecule has 0 amide bonds. The van der Waals surface area contributed by atoms with Crippen LogP contribution < -0.4 is 0 Å². The molecule has 1 fully saturated rings. The number of hydrogen-bond acceptors (Lipinski definition) is 3. The number of nitrogens with zero attached hydrogens (tertiary/aromatic N) is 2. The number of aromatic nitrogens is 3. The fourth-order valence-electron chi connectivity index (χ4n) is 5.62. The molecule has 6 nitrogen and oxygen atoms in total. The third kappa shape index (κ3) is 3.60. The smallest absolute Gasteiger partial charge is 0.341 e. The summed E-state index contributed by atoms with van der Waals surface area (Å²) in [5.74, 6) is -2.99. The molecule has 0 saturated heterocycles. The SMILES string of the molecule is COCC(C)(C)c1c(C2CC[C@@](F)(C(=O)O)C2)c2c(F)c3[nH]ncc3cc2n1-c1ccc(F)cc1. The first-order valence-corrected chi connectivity index (χ1v) is 11.4. The number of methoxy groups -OCH3 is 1. The summed E-state index contributed by atoms with van der Waals surface area (Å²) in [6.45, 7) is 4.15. The van der Waals surface area contributed by atoms with Crippen LogP contribution in [0.15, 0.2) is 36.5 Å². The van der Waals surface area contributed by atoms with Gasteiger partial charge in [-0.3, -0.25) is 5.10 Å². The predicted octanol–water partition coefficient (Wildman–Crippen LogP) is 5.77. The number of carboxylic acids is 1. The highest BCUT2D eigenvalue weighted by Crippen LogP contribution is 2.51. The molecule has 2 heterocycles. The minimum absolute atomic E-state index is 0.158. The number of fused-ring (bicyclic) bond motifs is 2. The predicted molar refractivity (Wildman–Crippen MR) is 126 cm³/mol. The first kappa shape index (κ1) is 23.4. The van der Waals surface area contributed by atoms with E-state index >= 15 is 8.78 Å². The van der Waals surface area contributed by atoms with Crippen molar-refractivity contribution in [1.29, 1.82) is 0 Å². The molecule has 0 spiro atoms. The average Bonchev–Trinajstić information content (AvgIpc) is 3.51. The van der Waals surface area contributed by atoms with Crippen molar-refractivity contribution in [2.75, 3.05) is 13.7 Å². The average molecular weight is 486 g/mol. The van der Waals surface area contributed by atoms with E-state index in [0.29, 0.717) is 27.8 Å². The molecule has 0 aliphatic heterocycles. The van der Waals surface area contributed by atoms with Crippen molar-refractivity contribution >= 4 is 27.8 Å². The maximum Gasteiger partial charge on any atom is 0.341 e. The van der Waals surface area contributed by atoms with Gasteiger partial charge in [0.2, 0.25) is 5.67 Å². The van der Waals surface area contributed by atoms with E-state index in [1.54, 1.807) is 25.3 Å². The number of carboxylic acid groups (broad SMARTS) is 1. The van der Waals surface area contributed by atoms with Gasteiger partial charge in [0.05, 0.1) is 18.3 Å². The Hall–Kier alpha value is -3.33. The van der Waals surface area contributed by atoms with Crippen LogP contribution in [0.1, 0.15) is 50.3 Å². The first-order valence-electron chi connectivity index (χ1n) is 11.4. The van der Waals surface area contributed by atoms with Crippen LogP contribution in [0.2, 0.25) is 0 Å². The number of benzene rings is 2. The topological polar surface area (TPSA) is 80.1 Å². The van der Waals surface area contributed by atoms with Crippen LogP contribution in [-0.2, 0) is 14.9 Å². The maximum absolute atomic E-state index is 16.1. The van der Waals surface area contributed by atoms with Gasteiger partial charge in [-0.25, -0.2) is 18.0 Å². The minimum Gasteiger partial charge on any atom is -0.479 e. The summed E-state index contributed by atoms with van der Waals surface area (Å²) in [6.07, 6.45) is 1.35. The lowest BCUT2D eigenvalue weighted by atomic mass is 9.81. The molecule has 2 aromatic carbocycles. The molecule has 4 aromatic rings. The van der Waals surface area contributed by atoms with E-state index in [-0.39, 0.29) is 36.8 Å². The highest BCUT2D eigenvalue weighted by atomic mass is 19.1. The quantitative estimate of drug-likeness (QED) is 0.363. The Balaban J connectivity index is 1.91. The summed E-state index contributed by atoms with van der Waals surface area (Å²) < 4.78 is 52.5. The first-order chi connectivity index (χ1) is 16.6. The van der Waals surface area contributed by atoms with Gasteiger partial charge in [-0.1, -0.05) is 13.8 Å². The number of ether oxygens (including phenoxy) is 1. The molecule has 0 radical (unpaired) electrons. The lowest BCUT2D eigenvalue weighted by molar-refractivity contribution is -0.150. The zero-order chi connectivity index (χ0) is 25.1. The third-order valence-electron chi connectivity index (χ3n) is 7.13. The van der Waals surface area contributed by atoms with E-state index < -0.39 is 34.6 Å². The van der Waals surface area contributed by atoms with E-state index in [4.69, 9.17) is 4.74 Å². The fraction of sp³-hybridized carbons (Fsp3) is 0.385. The van der Waals surface area contributed by atoms with Gasteiger partial charge in [-0.05, 0) is 61.1 Å². The zero-order valence-corrected chi connectivity index (χ0v) is 19.7. The molecule has 35 heavy (non-hydrogen) atoms. The van der Waals surface area contributed by atoms with Gasteiger partial charge in [0.1, 0.15) is 11.3 Å². The Bertz CT molecular complexity index is 1440.